The Kier molecular flexibility index (Phi) is 1.98. The average molecular weight is 190 g/mol. The molecule has 4 heteroatoms. The molecule has 1 aromatic carbocycles. The molecule has 0 amide bonds. The first-order valence-electron chi connectivity index (χ1n) is 4.23. The molecule has 0 aliphatic heterocycles. The van der Waals surface area contributed by atoms with Crippen molar-refractivity contribution in [3.05, 3.63) is 30.5 Å². The fourth-order valence-corrected chi connectivity index (χ4v) is 1.49. The van der Waals surface area contributed by atoms with Gasteiger partial charge in [-0.1, -0.05) is 18.2 Å². The Morgan fingerprint density at radius 1 is 1.43 bits per heavy atom. The van der Waals surface area contributed by atoms with Gasteiger partial charge in [-0.15, -0.1) is 0 Å². The topological polar surface area (TPSA) is 68.2 Å². The number of carbonyl (C=O) groups is 1. The van der Waals surface area contributed by atoms with Crippen LogP contribution in [0.1, 0.15) is 4.79 Å². The molecule has 3 N–H and O–H groups in total. The molecule has 2 aromatic rings. The van der Waals surface area contributed by atoms with Gasteiger partial charge in [0.25, 0.3) is 5.91 Å². The van der Waals surface area contributed by atoms with E-state index in [0.29, 0.717) is 5.69 Å². The predicted molar refractivity (Wildman–Crippen MR) is 54.1 cm³/mol. The Hall–Kier alpha value is -1.81. The monoisotopic (exact) mass is 190 g/mol. The number of para-hydroxylation sites is 1. The third-order valence-electron chi connectivity index (χ3n) is 2.15. The van der Waals surface area contributed by atoms with Crippen molar-refractivity contribution in [2.45, 2.75) is 0 Å². The van der Waals surface area contributed by atoms with Crippen LogP contribution in [0.5, 0.6) is 0 Å². The summed E-state index contributed by atoms with van der Waals surface area (Å²) in [6, 6.07) is 7.31. The smallest absolute Gasteiger partial charge is 0.256 e. The maximum Gasteiger partial charge on any atom is 0.256 e. The van der Waals surface area contributed by atoms with Gasteiger partial charge in [0.15, 0.2) is 0 Å². The number of fused-ring (bicyclic) bond motifs is 1. The van der Waals surface area contributed by atoms with Crippen molar-refractivity contribution in [2.24, 2.45) is 0 Å². The van der Waals surface area contributed by atoms with E-state index in [0.717, 1.165) is 10.9 Å². The summed E-state index contributed by atoms with van der Waals surface area (Å²) in [7, 11) is 0. The van der Waals surface area contributed by atoms with E-state index < -0.39 is 6.61 Å². The molecule has 14 heavy (non-hydrogen) atoms. The number of carbonyl (C=O) groups excluding carboxylic acids is 1. The van der Waals surface area contributed by atoms with E-state index in [-0.39, 0.29) is 5.91 Å². The van der Waals surface area contributed by atoms with Crippen molar-refractivity contribution in [1.82, 2.24) is 4.57 Å². The summed E-state index contributed by atoms with van der Waals surface area (Å²) in [6.07, 6.45) is 1.53. The molecule has 0 fully saturated rings. The molecular formula is C10H10N2O2. The van der Waals surface area contributed by atoms with Crippen molar-refractivity contribution in [1.29, 1.82) is 0 Å². The molecule has 0 aliphatic carbocycles. The molecule has 2 rings (SSSR count). The molecule has 1 aromatic heterocycles. The number of anilines is 1. The van der Waals surface area contributed by atoms with Crippen LogP contribution >= 0.6 is 0 Å². The quantitative estimate of drug-likeness (QED) is 0.700. The molecule has 0 unspecified atom stereocenters. The third kappa shape index (κ3) is 1.16. The number of nitrogen functional groups attached to an aromatic ring is 1. The standard InChI is InChI=1S/C10H10N2O2/c11-8-5-12(10(14)6-13)9-4-2-1-3-7(8)9/h1-5,13H,6,11H2. The summed E-state index contributed by atoms with van der Waals surface area (Å²) < 4.78 is 1.37. The third-order valence-corrected chi connectivity index (χ3v) is 2.15. The van der Waals surface area contributed by atoms with E-state index in [1.54, 1.807) is 6.07 Å². The van der Waals surface area contributed by atoms with Crippen molar-refractivity contribution in [3.8, 4) is 0 Å². The van der Waals surface area contributed by atoms with Crippen LogP contribution in [0.2, 0.25) is 0 Å². The highest BCUT2D eigenvalue weighted by atomic mass is 16.3. The largest absolute Gasteiger partial charge is 0.397 e. The number of hydrogen-bond acceptors (Lipinski definition) is 3. The van der Waals surface area contributed by atoms with E-state index in [4.69, 9.17) is 10.8 Å². The predicted octanol–water partition coefficient (Wildman–Crippen LogP) is 0.856. The van der Waals surface area contributed by atoms with Crippen LogP contribution in [0.3, 0.4) is 0 Å². The van der Waals surface area contributed by atoms with Gasteiger partial charge in [0.2, 0.25) is 0 Å². The van der Waals surface area contributed by atoms with E-state index in [9.17, 15) is 4.79 Å². The van der Waals surface area contributed by atoms with Crippen LogP contribution in [0.15, 0.2) is 30.5 Å². The molecule has 0 bridgehead atoms. The van der Waals surface area contributed by atoms with Gasteiger partial charge in [0, 0.05) is 11.6 Å². The number of aromatic nitrogens is 1. The molecule has 0 saturated carbocycles. The normalized spacial score (nSPS) is 10.6. The first kappa shape index (κ1) is 8.77. The number of rotatable bonds is 1. The van der Waals surface area contributed by atoms with Gasteiger partial charge in [-0.25, -0.2) is 0 Å². The Balaban J connectivity index is 2.72. The first-order chi connectivity index (χ1) is 6.74. The van der Waals surface area contributed by atoms with Gasteiger partial charge < -0.3 is 10.8 Å². The summed E-state index contributed by atoms with van der Waals surface area (Å²) in [5.41, 5.74) is 6.98. The van der Waals surface area contributed by atoms with Gasteiger partial charge in [0.1, 0.15) is 6.61 Å². The Morgan fingerprint density at radius 2 is 2.14 bits per heavy atom. The highest BCUT2D eigenvalue weighted by Crippen LogP contribution is 2.22. The van der Waals surface area contributed by atoms with Crippen molar-refractivity contribution >= 4 is 22.5 Å². The molecule has 1 heterocycles. The Bertz CT molecular complexity index is 488. The minimum Gasteiger partial charge on any atom is -0.397 e. The van der Waals surface area contributed by atoms with Crippen molar-refractivity contribution < 1.29 is 9.90 Å². The van der Waals surface area contributed by atoms with E-state index in [2.05, 4.69) is 0 Å². The molecule has 4 nitrogen and oxygen atoms in total. The van der Waals surface area contributed by atoms with Gasteiger partial charge in [0.05, 0.1) is 11.2 Å². The highest BCUT2D eigenvalue weighted by molar-refractivity contribution is 5.99. The van der Waals surface area contributed by atoms with E-state index in [1.807, 2.05) is 18.2 Å². The van der Waals surface area contributed by atoms with Crippen LogP contribution in [-0.2, 0) is 0 Å². The van der Waals surface area contributed by atoms with Crippen LogP contribution in [0.25, 0.3) is 10.9 Å². The minimum atomic E-state index is -0.516. The van der Waals surface area contributed by atoms with Gasteiger partial charge in [-0.2, -0.15) is 0 Å². The Labute approximate surface area is 80.6 Å². The van der Waals surface area contributed by atoms with Crippen LogP contribution in [0.4, 0.5) is 5.69 Å². The van der Waals surface area contributed by atoms with Gasteiger partial charge >= 0.3 is 0 Å². The Morgan fingerprint density at radius 3 is 2.86 bits per heavy atom. The van der Waals surface area contributed by atoms with Crippen molar-refractivity contribution in [2.75, 3.05) is 12.3 Å². The minimum absolute atomic E-state index is 0.377. The second-order valence-electron chi connectivity index (χ2n) is 3.02. The number of aliphatic hydroxyl groups excluding tert-OH is 1. The lowest BCUT2D eigenvalue weighted by Gasteiger charge is -1.99. The molecular weight excluding hydrogens is 180 g/mol. The van der Waals surface area contributed by atoms with Crippen molar-refractivity contribution in [3.63, 3.8) is 0 Å². The summed E-state index contributed by atoms with van der Waals surface area (Å²) >= 11 is 0. The van der Waals surface area contributed by atoms with E-state index in [1.165, 1.54) is 10.8 Å². The summed E-state index contributed by atoms with van der Waals surface area (Å²) in [5, 5.41) is 9.57. The second kappa shape index (κ2) is 3.16. The SMILES string of the molecule is Nc1cn(C(=O)CO)c2ccccc12. The molecule has 0 spiro atoms. The lowest BCUT2D eigenvalue weighted by atomic mass is 10.2. The number of aliphatic hydroxyl groups is 1. The second-order valence-corrected chi connectivity index (χ2v) is 3.02. The fourth-order valence-electron chi connectivity index (χ4n) is 1.49. The zero-order valence-corrected chi connectivity index (χ0v) is 7.47. The van der Waals surface area contributed by atoms with Crippen LogP contribution in [-0.4, -0.2) is 22.2 Å². The lowest BCUT2D eigenvalue weighted by Crippen LogP contribution is -2.13. The molecule has 0 atom stereocenters. The summed E-state index contributed by atoms with van der Waals surface area (Å²) in [4.78, 5) is 11.3. The number of nitrogens with zero attached hydrogens (tertiary/aromatic N) is 1. The fraction of sp³-hybridized carbons (Fsp3) is 0.100. The summed E-state index contributed by atoms with van der Waals surface area (Å²) in [6.45, 7) is -0.516. The maximum absolute atomic E-state index is 11.3. The molecule has 0 radical (unpaired) electrons. The maximum atomic E-state index is 11.3. The number of benzene rings is 1. The zero-order valence-electron chi connectivity index (χ0n) is 7.47. The van der Waals surface area contributed by atoms with Gasteiger partial charge in [-0.3, -0.25) is 9.36 Å². The number of nitrogens with two attached hydrogens (primary N) is 1. The zero-order chi connectivity index (χ0) is 10.1. The van der Waals surface area contributed by atoms with Gasteiger partial charge in [-0.05, 0) is 6.07 Å². The molecule has 0 saturated heterocycles. The van der Waals surface area contributed by atoms with E-state index >= 15 is 0 Å². The van der Waals surface area contributed by atoms with Crippen LogP contribution < -0.4 is 5.73 Å². The molecule has 72 valence electrons. The molecule has 0 aliphatic rings. The highest BCUT2D eigenvalue weighted by Gasteiger charge is 2.09. The lowest BCUT2D eigenvalue weighted by molar-refractivity contribution is 0.0824. The first-order valence-corrected chi connectivity index (χ1v) is 4.23. The van der Waals surface area contributed by atoms with Crippen LogP contribution in [0, 0.1) is 0 Å². The summed E-state index contributed by atoms with van der Waals surface area (Å²) in [5.74, 6) is -0.377. The number of hydrogen-bond donors (Lipinski definition) is 2. The average Bonchev–Trinajstić information content (AvgIpc) is 2.56.